The number of alkyl halides is 3. The topological polar surface area (TPSA) is 84.5 Å². The molecule has 10 heteroatoms. The third-order valence-corrected chi connectivity index (χ3v) is 5.18. The molecule has 6 nitrogen and oxygen atoms in total. The van der Waals surface area contributed by atoms with Crippen molar-refractivity contribution in [2.45, 2.75) is 18.0 Å². The van der Waals surface area contributed by atoms with Gasteiger partial charge in [-0.25, -0.2) is 13.1 Å². The van der Waals surface area contributed by atoms with Crippen LogP contribution in [-0.2, 0) is 21.0 Å². The van der Waals surface area contributed by atoms with Crippen LogP contribution in [0.25, 0.3) is 6.08 Å². The number of ether oxygens (including phenoxy) is 1. The summed E-state index contributed by atoms with van der Waals surface area (Å²) < 4.78 is 69.6. The Balaban J connectivity index is 2.17. The molecule has 2 aromatic rings. The predicted octanol–water partition coefficient (Wildman–Crippen LogP) is 3.66. The van der Waals surface area contributed by atoms with Crippen molar-refractivity contribution in [3.8, 4) is 5.75 Å². The molecule has 0 aliphatic carbocycles. The number of halogens is 3. The summed E-state index contributed by atoms with van der Waals surface area (Å²) in [7, 11) is -2.28. The molecule has 0 unspecified atom stereocenters. The van der Waals surface area contributed by atoms with Gasteiger partial charge in [-0.15, -0.1) is 0 Å². The van der Waals surface area contributed by atoms with E-state index >= 15 is 0 Å². The molecule has 0 radical (unpaired) electrons. The average Bonchev–Trinajstić information content (AvgIpc) is 2.67. The Bertz CT molecular complexity index is 1000. The van der Waals surface area contributed by atoms with Crippen LogP contribution in [0.3, 0.4) is 0 Å². The highest BCUT2D eigenvalue weighted by Gasteiger charge is 2.31. The normalized spacial score (nSPS) is 12.2. The van der Waals surface area contributed by atoms with Crippen molar-refractivity contribution >= 4 is 27.7 Å². The average molecular weight is 428 g/mol. The Hall–Kier alpha value is -2.85. The molecule has 0 fully saturated rings. The van der Waals surface area contributed by atoms with Crippen LogP contribution in [0.2, 0.25) is 0 Å². The second-order valence-electron chi connectivity index (χ2n) is 5.74. The first-order chi connectivity index (χ1) is 13.6. The summed E-state index contributed by atoms with van der Waals surface area (Å²) in [4.78, 5) is 12.2. The SMILES string of the molecule is CCOc1ccc(C(F)(F)F)cc1NC(=O)/C=C/c1ccc(S(=O)(=O)NC)cc1. The lowest BCUT2D eigenvalue weighted by Crippen LogP contribution is -2.18. The quantitative estimate of drug-likeness (QED) is 0.659. The van der Waals surface area contributed by atoms with E-state index in [1.54, 1.807) is 6.92 Å². The fourth-order valence-corrected chi connectivity index (χ4v) is 3.04. The van der Waals surface area contributed by atoms with E-state index in [2.05, 4.69) is 10.0 Å². The molecular formula is C19H19F3N2O4S. The molecule has 0 spiro atoms. The van der Waals surface area contributed by atoms with E-state index in [-0.39, 0.29) is 22.9 Å². The first-order valence-electron chi connectivity index (χ1n) is 8.43. The first kappa shape index (κ1) is 22.4. The molecule has 0 atom stereocenters. The lowest BCUT2D eigenvalue weighted by Gasteiger charge is -2.14. The Morgan fingerprint density at radius 3 is 2.34 bits per heavy atom. The van der Waals surface area contributed by atoms with Gasteiger partial charge in [-0.3, -0.25) is 4.79 Å². The third kappa shape index (κ3) is 6.06. The number of sulfonamides is 1. The zero-order valence-corrected chi connectivity index (χ0v) is 16.4. The summed E-state index contributed by atoms with van der Waals surface area (Å²) in [5.74, 6) is -0.555. The largest absolute Gasteiger partial charge is 0.492 e. The van der Waals surface area contributed by atoms with Gasteiger partial charge in [0, 0.05) is 6.08 Å². The molecule has 0 aliphatic rings. The van der Waals surface area contributed by atoms with Crippen molar-refractivity contribution in [1.29, 1.82) is 0 Å². The Morgan fingerprint density at radius 2 is 1.79 bits per heavy atom. The van der Waals surface area contributed by atoms with Gasteiger partial charge < -0.3 is 10.1 Å². The summed E-state index contributed by atoms with van der Waals surface area (Å²) in [5, 5.41) is 2.37. The van der Waals surface area contributed by atoms with E-state index in [1.165, 1.54) is 37.4 Å². The highest BCUT2D eigenvalue weighted by molar-refractivity contribution is 7.89. The lowest BCUT2D eigenvalue weighted by atomic mass is 10.1. The molecule has 2 N–H and O–H groups in total. The van der Waals surface area contributed by atoms with E-state index < -0.39 is 27.7 Å². The molecule has 29 heavy (non-hydrogen) atoms. The van der Waals surface area contributed by atoms with Gasteiger partial charge in [-0.2, -0.15) is 13.2 Å². The maximum absolute atomic E-state index is 12.9. The van der Waals surface area contributed by atoms with E-state index in [1.807, 2.05) is 0 Å². The zero-order valence-electron chi connectivity index (χ0n) is 15.6. The minimum absolute atomic E-state index is 0.0620. The van der Waals surface area contributed by atoms with Gasteiger partial charge in [0.1, 0.15) is 5.75 Å². The maximum Gasteiger partial charge on any atom is 0.416 e. The molecule has 1 amide bonds. The van der Waals surface area contributed by atoms with Gasteiger partial charge in [-0.1, -0.05) is 12.1 Å². The zero-order chi connectivity index (χ0) is 21.7. The van der Waals surface area contributed by atoms with Gasteiger partial charge >= 0.3 is 6.18 Å². The first-order valence-corrected chi connectivity index (χ1v) is 9.92. The second kappa shape index (κ2) is 9.10. The molecular weight excluding hydrogens is 409 g/mol. The second-order valence-corrected chi connectivity index (χ2v) is 7.63. The summed E-state index contributed by atoms with van der Waals surface area (Å²) >= 11 is 0. The highest BCUT2D eigenvalue weighted by Crippen LogP contribution is 2.35. The van der Waals surface area contributed by atoms with Gasteiger partial charge in [-0.05, 0) is 55.9 Å². The number of benzene rings is 2. The third-order valence-electron chi connectivity index (χ3n) is 3.75. The minimum atomic E-state index is -4.56. The lowest BCUT2D eigenvalue weighted by molar-refractivity contribution is -0.137. The van der Waals surface area contributed by atoms with Gasteiger partial charge in [0.25, 0.3) is 0 Å². The monoisotopic (exact) mass is 428 g/mol. The molecule has 0 bridgehead atoms. The van der Waals surface area contributed by atoms with Crippen LogP contribution in [0, 0.1) is 0 Å². The fraction of sp³-hybridized carbons (Fsp3) is 0.211. The van der Waals surface area contributed by atoms with Gasteiger partial charge in [0.05, 0.1) is 22.8 Å². The Kier molecular flexibility index (Phi) is 7.04. The number of anilines is 1. The van der Waals surface area contributed by atoms with Crippen LogP contribution in [0.15, 0.2) is 53.4 Å². The number of carbonyl (C=O) groups excluding carboxylic acids is 1. The summed E-state index contributed by atoms with van der Waals surface area (Å²) in [6.45, 7) is 1.88. The van der Waals surface area contributed by atoms with Crippen molar-refractivity contribution < 1.29 is 31.1 Å². The predicted molar refractivity (Wildman–Crippen MR) is 103 cm³/mol. The number of amides is 1. The molecule has 0 heterocycles. The molecule has 0 aliphatic heterocycles. The molecule has 2 aromatic carbocycles. The van der Waals surface area contributed by atoms with Gasteiger partial charge in [0.2, 0.25) is 15.9 Å². The summed E-state index contributed by atoms with van der Waals surface area (Å²) in [6, 6.07) is 8.53. The van der Waals surface area contributed by atoms with Crippen LogP contribution < -0.4 is 14.8 Å². The number of hydrogen-bond donors (Lipinski definition) is 2. The van der Waals surface area contributed by atoms with Crippen molar-refractivity contribution in [2.24, 2.45) is 0 Å². The highest BCUT2D eigenvalue weighted by atomic mass is 32.2. The van der Waals surface area contributed by atoms with E-state index in [9.17, 15) is 26.4 Å². The Labute approximate surface area is 166 Å². The molecule has 0 saturated carbocycles. The van der Waals surface area contributed by atoms with Crippen LogP contribution in [-0.4, -0.2) is 28.0 Å². The van der Waals surface area contributed by atoms with E-state index in [0.717, 1.165) is 24.3 Å². The van der Waals surface area contributed by atoms with Crippen LogP contribution in [0.5, 0.6) is 5.75 Å². The number of carbonyl (C=O) groups is 1. The van der Waals surface area contributed by atoms with Crippen LogP contribution in [0.4, 0.5) is 18.9 Å². The van der Waals surface area contributed by atoms with Crippen LogP contribution >= 0.6 is 0 Å². The molecule has 2 rings (SSSR count). The smallest absolute Gasteiger partial charge is 0.416 e. The van der Waals surface area contributed by atoms with Crippen molar-refractivity contribution in [2.75, 3.05) is 19.0 Å². The Morgan fingerprint density at radius 1 is 1.14 bits per heavy atom. The molecule has 156 valence electrons. The van der Waals surface area contributed by atoms with Crippen molar-refractivity contribution in [1.82, 2.24) is 4.72 Å². The standard InChI is InChI=1S/C19H19F3N2O4S/c1-3-28-17-10-7-14(19(20,21)22)12-16(17)24-18(25)11-6-13-4-8-15(9-5-13)29(26,27)23-2/h4-12,23H,3H2,1-2H3,(H,24,25)/b11-6+. The van der Waals surface area contributed by atoms with E-state index in [0.29, 0.717) is 5.56 Å². The summed E-state index contributed by atoms with van der Waals surface area (Å²) in [5.41, 5.74) is -0.488. The van der Waals surface area contributed by atoms with E-state index in [4.69, 9.17) is 4.74 Å². The number of hydrogen-bond acceptors (Lipinski definition) is 4. The summed E-state index contributed by atoms with van der Waals surface area (Å²) in [6.07, 6.45) is -2.04. The van der Waals surface area contributed by atoms with Crippen molar-refractivity contribution in [3.63, 3.8) is 0 Å². The number of rotatable bonds is 7. The van der Waals surface area contributed by atoms with Gasteiger partial charge in [0.15, 0.2) is 0 Å². The minimum Gasteiger partial charge on any atom is -0.492 e. The van der Waals surface area contributed by atoms with Crippen molar-refractivity contribution in [3.05, 3.63) is 59.7 Å². The molecule has 0 saturated heterocycles. The molecule has 0 aromatic heterocycles. The fourth-order valence-electron chi connectivity index (χ4n) is 2.31. The number of nitrogens with one attached hydrogen (secondary N) is 2. The maximum atomic E-state index is 12.9. The van der Waals surface area contributed by atoms with Crippen LogP contribution in [0.1, 0.15) is 18.1 Å².